The molecule has 36 heavy (non-hydrogen) atoms. The van der Waals surface area contributed by atoms with Gasteiger partial charge in [0, 0.05) is 36.6 Å². The van der Waals surface area contributed by atoms with Crippen LogP contribution < -0.4 is 9.64 Å². The Morgan fingerprint density at radius 1 is 1.11 bits per heavy atom. The zero-order chi connectivity index (χ0) is 25.9. The van der Waals surface area contributed by atoms with E-state index in [1.165, 1.54) is 35.9 Å². The van der Waals surface area contributed by atoms with E-state index in [9.17, 15) is 22.8 Å². The highest BCUT2D eigenvalue weighted by atomic mass is 32.2. The number of thioether (sulfide) groups is 1. The van der Waals surface area contributed by atoms with Crippen LogP contribution in [-0.2, 0) is 16.0 Å². The van der Waals surface area contributed by atoms with Gasteiger partial charge in [-0.2, -0.15) is 0 Å². The summed E-state index contributed by atoms with van der Waals surface area (Å²) >= 11 is 2.79. The summed E-state index contributed by atoms with van der Waals surface area (Å²) in [5.41, 5.74) is 0.286. The number of piperazine rings is 1. The van der Waals surface area contributed by atoms with Crippen LogP contribution in [0.5, 0.6) is 5.75 Å². The van der Waals surface area contributed by atoms with E-state index in [4.69, 9.17) is 9.72 Å². The number of alkyl halides is 3. The number of fused-ring (bicyclic) bond motifs is 1. The smallest absolute Gasteiger partial charge is 0.468 e. The number of carbonyl (C=O) groups is 2. The highest BCUT2D eigenvalue weighted by Crippen LogP contribution is 2.34. The van der Waals surface area contributed by atoms with Gasteiger partial charge in [0.2, 0.25) is 0 Å². The Balaban J connectivity index is 1.47. The fourth-order valence-corrected chi connectivity index (χ4v) is 5.39. The van der Waals surface area contributed by atoms with Crippen LogP contribution in [0.3, 0.4) is 0 Å². The molecule has 0 spiro atoms. The molecule has 1 fully saturated rings. The first-order valence-corrected chi connectivity index (χ1v) is 12.9. The number of amides is 1. The van der Waals surface area contributed by atoms with E-state index >= 15 is 0 Å². The van der Waals surface area contributed by atoms with Crippen LogP contribution in [0.1, 0.15) is 22.2 Å². The zero-order valence-electron chi connectivity index (χ0n) is 19.5. The second-order valence-corrected chi connectivity index (χ2v) is 9.89. The Hall–Kier alpha value is -3.06. The SMILES string of the molecule is CCc1cc2c(N3CCN(C(=O)c4ccc(OC(F)(F)F)cc4)CC3)nc(SCC(=O)OC)nc2s1. The van der Waals surface area contributed by atoms with Crippen molar-refractivity contribution >= 4 is 51.0 Å². The van der Waals surface area contributed by atoms with Crippen LogP contribution in [0.2, 0.25) is 0 Å². The van der Waals surface area contributed by atoms with E-state index < -0.39 is 6.36 Å². The maximum atomic E-state index is 12.9. The molecule has 1 aliphatic heterocycles. The van der Waals surface area contributed by atoms with Crippen LogP contribution in [0.4, 0.5) is 19.0 Å². The summed E-state index contributed by atoms with van der Waals surface area (Å²) in [6.45, 7) is 3.94. The van der Waals surface area contributed by atoms with Gasteiger partial charge in [-0.1, -0.05) is 18.7 Å². The molecule has 1 saturated heterocycles. The molecule has 0 atom stereocenters. The summed E-state index contributed by atoms with van der Waals surface area (Å²) in [7, 11) is 1.33. The number of nitrogens with zero attached hydrogens (tertiary/aromatic N) is 4. The van der Waals surface area contributed by atoms with Gasteiger partial charge in [-0.3, -0.25) is 9.59 Å². The van der Waals surface area contributed by atoms with E-state index in [0.717, 1.165) is 34.6 Å². The molecule has 3 aromatic rings. The van der Waals surface area contributed by atoms with Gasteiger partial charge in [-0.15, -0.1) is 24.5 Å². The lowest BCUT2D eigenvalue weighted by Crippen LogP contribution is -2.49. The summed E-state index contributed by atoms with van der Waals surface area (Å²) in [5, 5.41) is 1.41. The average Bonchev–Trinajstić information content (AvgIpc) is 3.29. The Labute approximate surface area is 213 Å². The van der Waals surface area contributed by atoms with Crippen LogP contribution in [0, 0.1) is 0 Å². The maximum absolute atomic E-state index is 12.9. The third-order valence-electron chi connectivity index (χ3n) is 5.50. The van der Waals surface area contributed by atoms with E-state index in [1.54, 1.807) is 16.2 Å². The Morgan fingerprint density at radius 3 is 2.42 bits per heavy atom. The highest BCUT2D eigenvalue weighted by Gasteiger charge is 2.31. The monoisotopic (exact) mass is 540 g/mol. The minimum absolute atomic E-state index is 0.0997. The molecular formula is C23H23F3N4O4S2. The Bertz CT molecular complexity index is 1240. The number of hydrogen-bond donors (Lipinski definition) is 0. The van der Waals surface area contributed by atoms with Crippen LogP contribution in [0.25, 0.3) is 10.2 Å². The first-order chi connectivity index (χ1) is 17.2. The number of anilines is 1. The molecule has 0 saturated carbocycles. The summed E-state index contributed by atoms with van der Waals surface area (Å²) < 4.78 is 45.7. The average molecular weight is 541 g/mol. The van der Waals surface area contributed by atoms with Crippen molar-refractivity contribution in [1.29, 1.82) is 0 Å². The molecule has 0 aliphatic carbocycles. The van der Waals surface area contributed by atoms with Crippen molar-refractivity contribution in [1.82, 2.24) is 14.9 Å². The van der Waals surface area contributed by atoms with E-state index in [1.807, 2.05) is 0 Å². The molecule has 8 nitrogen and oxygen atoms in total. The Morgan fingerprint density at radius 2 is 1.81 bits per heavy atom. The molecular weight excluding hydrogens is 517 g/mol. The Kier molecular flexibility index (Phi) is 7.88. The van der Waals surface area contributed by atoms with E-state index in [-0.39, 0.29) is 28.9 Å². The second-order valence-electron chi connectivity index (χ2n) is 7.83. The van der Waals surface area contributed by atoms with Crippen molar-refractivity contribution in [2.45, 2.75) is 24.9 Å². The summed E-state index contributed by atoms with van der Waals surface area (Å²) in [4.78, 5) is 39.6. The number of ether oxygens (including phenoxy) is 2. The lowest BCUT2D eigenvalue weighted by molar-refractivity contribution is -0.274. The van der Waals surface area contributed by atoms with E-state index in [0.29, 0.717) is 31.3 Å². The molecule has 13 heteroatoms. The highest BCUT2D eigenvalue weighted by molar-refractivity contribution is 7.99. The second kappa shape index (κ2) is 10.9. The van der Waals surface area contributed by atoms with E-state index in [2.05, 4.69) is 27.6 Å². The number of aryl methyl sites for hydroxylation is 1. The van der Waals surface area contributed by atoms with Crippen LogP contribution in [0.15, 0.2) is 35.5 Å². The van der Waals surface area contributed by atoms with Gasteiger partial charge in [-0.05, 0) is 36.8 Å². The maximum Gasteiger partial charge on any atom is 0.573 e. The largest absolute Gasteiger partial charge is 0.573 e. The van der Waals surface area contributed by atoms with Gasteiger partial charge in [0.15, 0.2) is 5.16 Å². The standard InChI is InChI=1S/C23H23F3N4O4S2/c1-3-16-12-17-19(27-22(28-20(17)36-16)35-13-18(31)33-2)29-8-10-30(11-9-29)21(32)14-4-6-15(7-5-14)34-23(24,25)26/h4-7,12H,3,8-11,13H2,1-2H3. The van der Waals surface area contributed by atoms with Crippen molar-refractivity contribution in [3.8, 4) is 5.75 Å². The van der Waals surface area contributed by atoms with Crippen molar-refractivity contribution in [3.63, 3.8) is 0 Å². The molecule has 0 N–H and O–H groups in total. The van der Waals surface area contributed by atoms with Crippen LogP contribution in [-0.4, -0.2) is 72.1 Å². The number of rotatable bonds is 7. The molecule has 1 aromatic carbocycles. The fourth-order valence-electron chi connectivity index (χ4n) is 3.70. The molecule has 4 rings (SSSR count). The number of hydrogen-bond acceptors (Lipinski definition) is 9. The molecule has 1 amide bonds. The van der Waals surface area contributed by atoms with Gasteiger partial charge in [0.05, 0.1) is 18.2 Å². The fraction of sp³-hybridized carbons (Fsp3) is 0.391. The minimum Gasteiger partial charge on any atom is -0.468 e. The quantitative estimate of drug-likeness (QED) is 0.248. The van der Waals surface area contributed by atoms with Gasteiger partial charge in [0.25, 0.3) is 5.91 Å². The number of carbonyl (C=O) groups excluding carboxylic acids is 2. The third kappa shape index (κ3) is 6.19. The summed E-state index contributed by atoms with van der Waals surface area (Å²) in [6.07, 6.45) is -3.92. The summed E-state index contributed by atoms with van der Waals surface area (Å²) in [5.74, 6) is -0.151. The predicted octanol–water partition coefficient (Wildman–Crippen LogP) is 4.38. The van der Waals surface area contributed by atoms with Gasteiger partial charge < -0.3 is 19.3 Å². The molecule has 2 aromatic heterocycles. The van der Waals surface area contributed by atoms with Crippen molar-refractivity contribution in [2.75, 3.05) is 43.9 Å². The van der Waals surface area contributed by atoms with Crippen LogP contribution >= 0.6 is 23.1 Å². The topological polar surface area (TPSA) is 84.9 Å². The van der Waals surface area contributed by atoms with Crippen molar-refractivity contribution < 1.29 is 32.2 Å². The number of methoxy groups -OCH3 is 1. The zero-order valence-corrected chi connectivity index (χ0v) is 21.1. The van der Waals surface area contributed by atoms with Gasteiger partial charge in [-0.25, -0.2) is 9.97 Å². The predicted molar refractivity (Wildman–Crippen MR) is 131 cm³/mol. The molecule has 0 unspecified atom stereocenters. The number of thiophene rings is 1. The number of benzene rings is 1. The minimum atomic E-state index is -4.79. The van der Waals surface area contributed by atoms with Gasteiger partial charge in [0.1, 0.15) is 16.4 Å². The molecule has 0 radical (unpaired) electrons. The molecule has 192 valence electrons. The van der Waals surface area contributed by atoms with Crippen molar-refractivity contribution in [2.24, 2.45) is 0 Å². The van der Waals surface area contributed by atoms with Crippen molar-refractivity contribution in [3.05, 3.63) is 40.8 Å². The number of aromatic nitrogens is 2. The lowest BCUT2D eigenvalue weighted by Gasteiger charge is -2.35. The summed E-state index contributed by atoms with van der Waals surface area (Å²) in [6, 6.07) is 6.98. The van der Waals surface area contributed by atoms with Gasteiger partial charge >= 0.3 is 12.3 Å². The normalized spacial score (nSPS) is 14.2. The first-order valence-electron chi connectivity index (χ1n) is 11.1. The molecule has 3 heterocycles. The number of halogens is 3. The third-order valence-corrected chi connectivity index (χ3v) is 7.49. The molecule has 1 aliphatic rings. The first kappa shape index (κ1) is 26.0. The lowest BCUT2D eigenvalue weighted by atomic mass is 10.1. The molecule has 0 bridgehead atoms. The number of esters is 1.